The Bertz CT molecular complexity index is 433. The first kappa shape index (κ1) is 31.4. The van der Waals surface area contributed by atoms with Gasteiger partial charge in [0, 0.05) is 25.5 Å². The van der Waals surface area contributed by atoms with E-state index in [9.17, 15) is 0 Å². The van der Waals surface area contributed by atoms with Gasteiger partial charge in [-0.25, -0.2) is 0 Å². The van der Waals surface area contributed by atoms with Crippen LogP contribution in [-0.4, -0.2) is 29.1 Å². The maximum Gasteiger partial charge on any atom is 0.101 e. The molecule has 0 aliphatic carbocycles. The molecule has 0 N–H and O–H groups in total. The van der Waals surface area contributed by atoms with E-state index in [0.717, 1.165) is 0 Å². The van der Waals surface area contributed by atoms with E-state index in [1.165, 1.54) is 167 Å². The molecule has 34 heavy (non-hydrogen) atoms. The van der Waals surface area contributed by atoms with Gasteiger partial charge in [-0.3, -0.25) is 0 Å². The molecule has 1 heterocycles. The van der Waals surface area contributed by atoms with E-state index in [4.69, 9.17) is 0 Å². The lowest BCUT2D eigenvalue weighted by Gasteiger charge is -2.33. The largest absolute Gasteiger partial charge is 0.356 e. The number of rotatable bonds is 26. The zero-order valence-electron chi connectivity index (χ0n) is 24.0. The Labute approximate surface area is 216 Å². The summed E-state index contributed by atoms with van der Waals surface area (Å²) in [5.74, 6) is 0. The van der Waals surface area contributed by atoms with Crippen LogP contribution in [0.4, 0.5) is 0 Å². The molecule has 0 saturated heterocycles. The minimum absolute atomic E-state index is 0.643. The Morgan fingerprint density at radius 2 is 0.676 bits per heavy atom. The first-order valence-corrected chi connectivity index (χ1v) is 16.0. The van der Waals surface area contributed by atoms with E-state index < -0.39 is 0 Å². The van der Waals surface area contributed by atoms with Gasteiger partial charge in [0.1, 0.15) is 6.17 Å². The molecule has 1 aliphatic heterocycles. The normalized spacial score (nSPS) is 15.7. The van der Waals surface area contributed by atoms with Crippen LogP contribution in [0.25, 0.3) is 0 Å². The lowest BCUT2D eigenvalue weighted by atomic mass is 10.1. The first-order valence-electron chi connectivity index (χ1n) is 16.0. The number of hydrogen-bond acceptors (Lipinski definition) is 2. The number of hydrogen-bond donors (Lipinski definition) is 0. The van der Waals surface area contributed by atoms with E-state index in [1.54, 1.807) is 0 Å². The molecule has 0 aromatic heterocycles. The standard InChI is InChI=1S/C32H64N2/c1-4-7-10-13-16-17-18-19-20-23-26-29-34-31-30-33(28-25-22-15-12-9-6-3)32(34)27-24-21-14-11-8-5-2/h30-32H,4-29H2,1-3H3. The van der Waals surface area contributed by atoms with E-state index in [2.05, 4.69) is 43.0 Å². The molecule has 0 bridgehead atoms. The van der Waals surface area contributed by atoms with Crippen LogP contribution in [0, 0.1) is 0 Å². The van der Waals surface area contributed by atoms with Gasteiger partial charge in [0.15, 0.2) is 0 Å². The minimum atomic E-state index is 0.643. The smallest absolute Gasteiger partial charge is 0.101 e. The summed E-state index contributed by atoms with van der Waals surface area (Å²) in [5.41, 5.74) is 0. The molecule has 0 radical (unpaired) electrons. The SMILES string of the molecule is CCCCCCCCCCCCCN1C=CN(CCCCCCCC)C1CCCCCCCC. The summed E-state index contributed by atoms with van der Waals surface area (Å²) in [7, 11) is 0. The van der Waals surface area contributed by atoms with E-state index in [0.29, 0.717) is 6.17 Å². The third-order valence-corrected chi connectivity index (χ3v) is 7.82. The topological polar surface area (TPSA) is 6.48 Å². The van der Waals surface area contributed by atoms with Gasteiger partial charge in [-0.1, -0.05) is 149 Å². The molecule has 0 spiro atoms. The van der Waals surface area contributed by atoms with Gasteiger partial charge in [0.2, 0.25) is 0 Å². The van der Waals surface area contributed by atoms with Crippen LogP contribution in [0.5, 0.6) is 0 Å². The molecule has 1 rings (SSSR count). The van der Waals surface area contributed by atoms with Gasteiger partial charge in [0.25, 0.3) is 0 Å². The Hall–Kier alpha value is -0.660. The molecular weight excluding hydrogens is 412 g/mol. The maximum atomic E-state index is 2.69. The molecule has 0 aromatic carbocycles. The van der Waals surface area contributed by atoms with Crippen LogP contribution in [0.1, 0.15) is 175 Å². The summed E-state index contributed by atoms with van der Waals surface area (Å²) in [5, 5.41) is 0. The third kappa shape index (κ3) is 16.9. The minimum Gasteiger partial charge on any atom is -0.356 e. The Balaban J connectivity index is 2.22. The fourth-order valence-corrected chi connectivity index (χ4v) is 5.48. The van der Waals surface area contributed by atoms with Crippen molar-refractivity contribution in [3.8, 4) is 0 Å². The second-order valence-corrected chi connectivity index (χ2v) is 11.1. The monoisotopic (exact) mass is 477 g/mol. The molecular formula is C32H64N2. The van der Waals surface area contributed by atoms with Gasteiger partial charge in [-0.2, -0.15) is 0 Å². The molecule has 0 saturated carbocycles. The predicted octanol–water partition coefficient (Wildman–Crippen LogP) is 10.8. The molecule has 1 aliphatic rings. The van der Waals surface area contributed by atoms with Gasteiger partial charge in [0.05, 0.1) is 0 Å². The molecule has 1 atom stereocenters. The predicted molar refractivity (Wildman–Crippen MR) is 154 cm³/mol. The van der Waals surface area contributed by atoms with Crippen LogP contribution < -0.4 is 0 Å². The average molecular weight is 477 g/mol. The van der Waals surface area contributed by atoms with Crippen LogP contribution in [0.3, 0.4) is 0 Å². The van der Waals surface area contributed by atoms with Crippen molar-refractivity contribution in [2.45, 2.75) is 181 Å². The van der Waals surface area contributed by atoms with Gasteiger partial charge in [-0.05, 0) is 25.7 Å². The lowest BCUT2D eigenvalue weighted by molar-refractivity contribution is 0.135. The molecule has 0 aromatic rings. The van der Waals surface area contributed by atoms with E-state index in [1.807, 2.05) is 0 Å². The molecule has 1 unspecified atom stereocenters. The van der Waals surface area contributed by atoms with Crippen LogP contribution in [0.2, 0.25) is 0 Å². The van der Waals surface area contributed by atoms with Crippen molar-refractivity contribution in [3.05, 3.63) is 12.4 Å². The van der Waals surface area contributed by atoms with Crippen molar-refractivity contribution < 1.29 is 0 Å². The summed E-state index contributed by atoms with van der Waals surface area (Å²) in [6.07, 6.45) is 39.5. The zero-order valence-corrected chi connectivity index (χ0v) is 24.0. The highest BCUT2D eigenvalue weighted by Gasteiger charge is 2.24. The van der Waals surface area contributed by atoms with Crippen molar-refractivity contribution in [1.82, 2.24) is 9.80 Å². The molecule has 0 amide bonds. The highest BCUT2D eigenvalue weighted by atomic mass is 15.4. The maximum absolute atomic E-state index is 2.69. The van der Waals surface area contributed by atoms with E-state index >= 15 is 0 Å². The Kier molecular flexibility index (Phi) is 22.2. The highest BCUT2D eigenvalue weighted by molar-refractivity contribution is 4.97. The molecule has 202 valence electrons. The molecule has 2 nitrogen and oxygen atoms in total. The van der Waals surface area contributed by atoms with Crippen molar-refractivity contribution in [1.29, 1.82) is 0 Å². The fraction of sp³-hybridized carbons (Fsp3) is 0.938. The summed E-state index contributed by atoms with van der Waals surface area (Å²) in [4.78, 5) is 5.38. The number of nitrogens with zero attached hydrogens (tertiary/aromatic N) is 2. The van der Waals surface area contributed by atoms with Gasteiger partial charge >= 0.3 is 0 Å². The van der Waals surface area contributed by atoms with E-state index in [-0.39, 0.29) is 0 Å². The zero-order chi connectivity index (χ0) is 24.5. The lowest BCUT2D eigenvalue weighted by Crippen LogP contribution is -2.39. The second-order valence-electron chi connectivity index (χ2n) is 11.1. The Morgan fingerprint density at radius 3 is 1.03 bits per heavy atom. The van der Waals surface area contributed by atoms with Crippen molar-refractivity contribution in [3.63, 3.8) is 0 Å². The highest BCUT2D eigenvalue weighted by Crippen LogP contribution is 2.24. The quantitative estimate of drug-likeness (QED) is 0.114. The summed E-state index contributed by atoms with van der Waals surface area (Å²) >= 11 is 0. The first-order chi connectivity index (χ1) is 16.8. The van der Waals surface area contributed by atoms with Gasteiger partial charge < -0.3 is 9.80 Å². The summed E-state index contributed by atoms with van der Waals surface area (Å²) < 4.78 is 0. The molecule has 0 fully saturated rings. The van der Waals surface area contributed by atoms with Crippen LogP contribution >= 0.6 is 0 Å². The second kappa shape index (κ2) is 24.1. The summed E-state index contributed by atoms with van der Waals surface area (Å²) in [6.45, 7) is 9.46. The van der Waals surface area contributed by atoms with Crippen LogP contribution in [0.15, 0.2) is 12.4 Å². The van der Waals surface area contributed by atoms with Crippen molar-refractivity contribution >= 4 is 0 Å². The van der Waals surface area contributed by atoms with Crippen molar-refractivity contribution in [2.75, 3.05) is 13.1 Å². The fourth-order valence-electron chi connectivity index (χ4n) is 5.48. The Morgan fingerprint density at radius 1 is 0.382 bits per heavy atom. The van der Waals surface area contributed by atoms with Gasteiger partial charge in [-0.15, -0.1) is 0 Å². The van der Waals surface area contributed by atoms with Crippen LogP contribution in [-0.2, 0) is 0 Å². The van der Waals surface area contributed by atoms with Crippen molar-refractivity contribution in [2.24, 2.45) is 0 Å². The number of unbranched alkanes of at least 4 members (excludes halogenated alkanes) is 20. The third-order valence-electron chi connectivity index (χ3n) is 7.82. The summed E-state index contributed by atoms with van der Waals surface area (Å²) in [6, 6.07) is 0. The average Bonchev–Trinajstić information content (AvgIpc) is 3.23. The molecule has 2 heteroatoms.